The fourth-order valence-electron chi connectivity index (χ4n) is 1.26. The largest absolute Gasteiger partial charge is 0.456 e. The Bertz CT molecular complexity index is 503. The van der Waals surface area contributed by atoms with E-state index >= 15 is 0 Å². The number of nitrogens with two attached hydrogens (primary N) is 1. The minimum absolute atomic E-state index is 0. The van der Waals surface area contributed by atoms with Crippen molar-refractivity contribution in [1.82, 2.24) is 4.98 Å². The molecule has 0 unspecified atom stereocenters. The van der Waals surface area contributed by atoms with Crippen molar-refractivity contribution in [3.05, 3.63) is 54.4 Å². The maximum Gasteiger partial charge on any atom is 0.248 e. The summed E-state index contributed by atoms with van der Waals surface area (Å²) >= 11 is 0. The van der Waals surface area contributed by atoms with Crippen molar-refractivity contribution in [2.75, 3.05) is 0 Å². The quantitative estimate of drug-likeness (QED) is 0.855. The average Bonchev–Trinajstić information content (AvgIpc) is 2.30. The van der Waals surface area contributed by atoms with Crippen molar-refractivity contribution in [3.8, 4) is 11.5 Å². The number of pyridine rings is 1. The Hall–Kier alpha value is -2.36. The van der Waals surface area contributed by atoms with Crippen molar-refractivity contribution in [3.63, 3.8) is 0 Å². The van der Waals surface area contributed by atoms with Gasteiger partial charge < -0.3 is 10.5 Å². The number of amides is 1. The minimum Gasteiger partial charge on any atom is -0.456 e. The highest BCUT2D eigenvalue weighted by Crippen LogP contribution is 2.20. The highest BCUT2D eigenvalue weighted by molar-refractivity contribution is 5.93. The minimum atomic E-state index is -0.475. The van der Waals surface area contributed by atoms with Crippen LogP contribution in [0.15, 0.2) is 48.8 Å². The van der Waals surface area contributed by atoms with E-state index in [4.69, 9.17) is 10.5 Å². The number of carbonyl (C=O) groups excluding carboxylic acids is 1. The van der Waals surface area contributed by atoms with Gasteiger partial charge in [0.1, 0.15) is 11.5 Å². The molecule has 1 amide bonds. The van der Waals surface area contributed by atoms with Crippen LogP contribution in [-0.4, -0.2) is 10.9 Å². The first-order valence-corrected chi connectivity index (χ1v) is 4.73. The first-order valence-electron chi connectivity index (χ1n) is 4.73. The van der Waals surface area contributed by atoms with Crippen LogP contribution in [0.3, 0.4) is 0 Å². The number of carbonyl (C=O) groups is 1. The lowest BCUT2D eigenvalue weighted by Gasteiger charge is -2.05. The van der Waals surface area contributed by atoms with Crippen LogP contribution in [0.1, 0.15) is 11.8 Å². The Balaban J connectivity index is 0.00000144. The topological polar surface area (TPSA) is 65.2 Å². The molecule has 0 saturated carbocycles. The van der Waals surface area contributed by atoms with Crippen LogP contribution in [0.25, 0.3) is 0 Å². The third-order valence-electron chi connectivity index (χ3n) is 1.99. The number of hydrogen-bond acceptors (Lipinski definition) is 3. The lowest BCUT2D eigenvalue weighted by molar-refractivity contribution is 0.1000. The van der Waals surface area contributed by atoms with Crippen LogP contribution in [0.2, 0.25) is 0 Å². The highest BCUT2D eigenvalue weighted by Gasteiger charge is 2.02. The first-order chi connectivity index (χ1) is 7.75. The van der Waals surface area contributed by atoms with Gasteiger partial charge in [0.2, 0.25) is 5.91 Å². The molecule has 0 saturated heterocycles. The Morgan fingerprint density at radius 1 is 1.25 bits per heavy atom. The maximum atomic E-state index is 11.0. The molecule has 2 N–H and O–H groups in total. The zero-order valence-corrected chi connectivity index (χ0v) is 8.46. The van der Waals surface area contributed by atoms with Gasteiger partial charge in [-0.05, 0) is 30.3 Å². The molecule has 82 valence electrons. The summed E-state index contributed by atoms with van der Waals surface area (Å²) < 4.78 is 5.50. The number of aromatic nitrogens is 1. The molecule has 1 heterocycles. The number of benzene rings is 1. The van der Waals surface area contributed by atoms with Gasteiger partial charge in [-0.3, -0.25) is 9.78 Å². The van der Waals surface area contributed by atoms with Crippen LogP contribution in [-0.2, 0) is 0 Å². The molecule has 0 radical (unpaired) electrons. The van der Waals surface area contributed by atoms with E-state index in [9.17, 15) is 4.79 Å². The maximum absolute atomic E-state index is 11.0. The van der Waals surface area contributed by atoms with Gasteiger partial charge in [-0.2, -0.15) is 0 Å². The highest BCUT2D eigenvalue weighted by atomic mass is 16.5. The van der Waals surface area contributed by atoms with Gasteiger partial charge in [0.15, 0.2) is 0 Å². The number of rotatable bonds is 3. The summed E-state index contributed by atoms with van der Waals surface area (Å²) in [6.45, 7) is 0. The Labute approximate surface area is 94.2 Å². The van der Waals surface area contributed by atoms with E-state index in [2.05, 4.69) is 4.98 Å². The van der Waals surface area contributed by atoms with E-state index in [1.165, 1.54) is 0 Å². The molecule has 0 aliphatic heterocycles. The van der Waals surface area contributed by atoms with Gasteiger partial charge in [0.05, 0.1) is 6.20 Å². The number of nitrogens with zero attached hydrogens (tertiary/aromatic N) is 1. The SMILES string of the molecule is NC(=O)c1cccc(Oc2cccnc2)c1.[HH]. The van der Waals surface area contributed by atoms with Crippen molar-refractivity contribution < 1.29 is 11.0 Å². The third-order valence-corrected chi connectivity index (χ3v) is 1.99. The number of primary amides is 1. The average molecular weight is 216 g/mol. The second-order valence-electron chi connectivity index (χ2n) is 3.18. The molecule has 0 atom stereocenters. The molecule has 0 aliphatic rings. The van der Waals surface area contributed by atoms with Gasteiger partial charge in [-0.25, -0.2) is 0 Å². The number of hydrogen-bond donors (Lipinski definition) is 1. The summed E-state index contributed by atoms with van der Waals surface area (Å²) in [5, 5.41) is 0. The second-order valence-corrected chi connectivity index (χ2v) is 3.18. The van der Waals surface area contributed by atoms with Gasteiger partial charge in [-0.15, -0.1) is 0 Å². The van der Waals surface area contributed by atoms with Gasteiger partial charge in [0, 0.05) is 13.2 Å². The fourth-order valence-corrected chi connectivity index (χ4v) is 1.26. The van der Waals surface area contributed by atoms with Gasteiger partial charge in [-0.1, -0.05) is 6.07 Å². The molecule has 1 aromatic carbocycles. The van der Waals surface area contributed by atoms with E-state index in [0.717, 1.165) is 0 Å². The van der Waals surface area contributed by atoms with E-state index < -0.39 is 5.91 Å². The smallest absolute Gasteiger partial charge is 0.248 e. The summed E-state index contributed by atoms with van der Waals surface area (Å²) in [7, 11) is 0. The standard InChI is InChI=1S/C12H10N2O2.H2/c13-12(15)9-3-1-4-10(7-9)16-11-5-2-6-14-8-11;/h1-8H,(H2,13,15);1H. The van der Waals surface area contributed by atoms with Gasteiger partial charge in [0.25, 0.3) is 0 Å². The molecule has 0 bridgehead atoms. The zero-order chi connectivity index (χ0) is 11.4. The number of ether oxygens (including phenoxy) is 1. The lowest BCUT2D eigenvalue weighted by atomic mass is 10.2. The van der Waals surface area contributed by atoms with Crippen molar-refractivity contribution in [2.24, 2.45) is 5.73 Å². The molecule has 1 aromatic heterocycles. The summed E-state index contributed by atoms with van der Waals surface area (Å²) in [6, 6.07) is 10.2. The molecule has 16 heavy (non-hydrogen) atoms. The van der Waals surface area contributed by atoms with Crippen LogP contribution in [0.5, 0.6) is 11.5 Å². The lowest BCUT2D eigenvalue weighted by Crippen LogP contribution is -2.10. The molecule has 4 heteroatoms. The molecular formula is C12H12N2O2. The van der Waals surface area contributed by atoms with Crippen molar-refractivity contribution in [2.45, 2.75) is 0 Å². The predicted molar refractivity (Wildman–Crippen MR) is 61.4 cm³/mol. The molecule has 2 aromatic rings. The molecule has 2 rings (SSSR count). The normalized spacial score (nSPS) is 9.75. The Kier molecular flexibility index (Phi) is 2.82. The van der Waals surface area contributed by atoms with E-state index in [-0.39, 0.29) is 1.43 Å². The molecule has 0 spiro atoms. The molecular weight excluding hydrogens is 204 g/mol. The van der Waals surface area contributed by atoms with Crippen molar-refractivity contribution in [1.29, 1.82) is 0 Å². The molecule has 4 nitrogen and oxygen atoms in total. The predicted octanol–water partition coefficient (Wildman–Crippen LogP) is 2.22. The van der Waals surface area contributed by atoms with Crippen molar-refractivity contribution >= 4 is 5.91 Å². The van der Waals surface area contributed by atoms with E-state index in [1.54, 1.807) is 48.8 Å². The van der Waals surface area contributed by atoms with Crippen LogP contribution in [0.4, 0.5) is 0 Å². The second kappa shape index (κ2) is 4.44. The van der Waals surface area contributed by atoms with Crippen LogP contribution < -0.4 is 10.5 Å². The van der Waals surface area contributed by atoms with Crippen LogP contribution in [0, 0.1) is 0 Å². The molecule has 0 fully saturated rings. The Morgan fingerprint density at radius 3 is 2.75 bits per heavy atom. The van der Waals surface area contributed by atoms with Gasteiger partial charge >= 0.3 is 0 Å². The van der Waals surface area contributed by atoms with E-state index in [1.807, 2.05) is 0 Å². The third kappa shape index (κ3) is 2.36. The summed E-state index contributed by atoms with van der Waals surface area (Å²) in [5.74, 6) is 0.699. The Morgan fingerprint density at radius 2 is 2.06 bits per heavy atom. The summed E-state index contributed by atoms with van der Waals surface area (Å²) in [5.41, 5.74) is 5.59. The summed E-state index contributed by atoms with van der Waals surface area (Å²) in [4.78, 5) is 14.9. The summed E-state index contributed by atoms with van der Waals surface area (Å²) in [6.07, 6.45) is 3.25. The van der Waals surface area contributed by atoms with Crippen LogP contribution >= 0.6 is 0 Å². The monoisotopic (exact) mass is 216 g/mol. The fraction of sp³-hybridized carbons (Fsp3) is 0. The molecule has 0 aliphatic carbocycles. The zero-order valence-electron chi connectivity index (χ0n) is 8.46. The first kappa shape index (κ1) is 10.2. The van der Waals surface area contributed by atoms with E-state index in [0.29, 0.717) is 17.1 Å².